The maximum absolute atomic E-state index is 8.70. The molecule has 0 aromatic carbocycles. The number of aromatic nitrogens is 1. The van der Waals surface area contributed by atoms with Gasteiger partial charge in [0.25, 0.3) is 0 Å². The standard InChI is InChI=1S/C16H18N2OS/c1-18(11-14-5-7-17-8-6-14)12-16-10-15(13-20-16)4-2-3-9-19/h5-8,10,13,19H,3,9,11-12H2,1H3. The molecular weight excluding hydrogens is 268 g/mol. The Morgan fingerprint density at radius 2 is 2.10 bits per heavy atom. The van der Waals surface area contributed by atoms with Gasteiger partial charge in [-0.25, -0.2) is 0 Å². The van der Waals surface area contributed by atoms with Crippen LogP contribution in [-0.4, -0.2) is 28.6 Å². The first-order valence-corrected chi connectivity index (χ1v) is 7.40. The number of aliphatic hydroxyl groups excluding tert-OH is 1. The Morgan fingerprint density at radius 1 is 1.30 bits per heavy atom. The summed E-state index contributed by atoms with van der Waals surface area (Å²) in [6.45, 7) is 1.94. The van der Waals surface area contributed by atoms with Crippen molar-refractivity contribution in [1.82, 2.24) is 9.88 Å². The molecule has 0 radical (unpaired) electrons. The molecule has 0 spiro atoms. The van der Waals surface area contributed by atoms with Crippen LogP contribution in [0, 0.1) is 11.8 Å². The largest absolute Gasteiger partial charge is 0.395 e. The molecule has 0 fully saturated rings. The van der Waals surface area contributed by atoms with Crippen molar-refractivity contribution in [2.45, 2.75) is 19.5 Å². The highest BCUT2D eigenvalue weighted by Crippen LogP contribution is 2.16. The lowest BCUT2D eigenvalue weighted by atomic mass is 10.2. The Morgan fingerprint density at radius 3 is 2.85 bits per heavy atom. The van der Waals surface area contributed by atoms with Crippen molar-refractivity contribution in [3.05, 3.63) is 52.0 Å². The van der Waals surface area contributed by atoms with Crippen molar-refractivity contribution >= 4 is 11.3 Å². The van der Waals surface area contributed by atoms with Gasteiger partial charge < -0.3 is 5.11 Å². The Kier molecular flexibility index (Phi) is 5.75. The molecule has 0 amide bonds. The van der Waals surface area contributed by atoms with Gasteiger partial charge in [0, 0.05) is 47.7 Å². The van der Waals surface area contributed by atoms with Crippen molar-refractivity contribution in [2.24, 2.45) is 0 Å². The van der Waals surface area contributed by atoms with E-state index in [2.05, 4.69) is 40.2 Å². The molecule has 1 N–H and O–H groups in total. The molecule has 0 unspecified atom stereocenters. The highest BCUT2D eigenvalue weighted by Gasteiger charge is 2.04. The molecule has 2 rings (SSSR count). The number of hydrogen-bond acceptors (Lipinski definition) is 4. The zero-order valence-electron chi connectivity index (χ0n) is 11.5. The van der Waals surface area contributed by atoms with E-state index in [1.54, 1.807) is 11.3 Å². The molecule has 3 nitrogen and oxygen atoms in total. The quantitative estimate of drug-likeness (QED) is 0.858. The first-order chi connectivity index (χ1) is 9.78. The van der Waals surface area contributed by atoms with Crippen LogP contribution in [0.5, 0.6) is 0 Å². The van der Waals surface area contributed by atoms with E-state index >= 15 is 0 Å². The first kappa shape index (κ1) is 14.7. The summed E-state index contributed by atoms with van der Waals surface area (Å²) in [4.78, 5) is 7.60. The van der Waals surface area contributed by atoms with Crippen molar-refractivity contribution in [3.63, 3.8) is 0 Å². The molecule has 0 aliphatic heterocycles. The maximum Gasteiger partial charge on any atom is 0.0540 e. The van der Waals surface area contributed by atoms with Crippen LogP contribution >= 0.6 is 11.3 Å². The molecule has 0 atom stereocenters. The third kappa shape index (κ3) is 4.78. The highest BCUT2D eigenvalue weighted by molar-refractivity contribution is 7.10. The minimum atomic E-state index is 0.124. The number of aliphatic hydroxyl groups is 1. The van der Waals surface area contributed by atoms with E-state index in [1.165, 1.54) is 10.4 Å². The minimum absolute atomic E-state index is 0.124. The smallest absolute Gasteiger partial charge is 0.0540 e. The van der Waals surface area contributed by atoms with Gasteiger partial charge >= 0.3 is 0 Å². The third-order valence-electron chi connectivity index (χ3n) is 2.75. The fourth-order valence-corrected chi connectivity index (χ4v) is 2.77. The van der Waals surface area contributed by atoms with Crippen molar-refractivity contribution < 1.29 is 5.11 Å². The van der Waals surface area contributed by atoms with Gasteiger partial charge in [-0.3, -0.25) is 9.88 Å². The summed E-state index contributed by atoms with van der Waals surface area (Å²) < 4.78 is 0. The van der Waals surface area contributed by atoms with Gasteiger partial charge in [-0.1, -0.05) is 11.8 Å². The molecule has 2 aromatic rings. The molecule has 0 saturated carbocycles. The van der Waals surface area contributed by atoms with Gasteiger partial charge in [-0.2, -0.15) is 0 Å². The van der Waals surface area contributed by atoms with Crippen LogP contribution in [-0.2, 0) is 13.1 Å². The highest BCUT2D eigenvalue weighted by atomic mass is 32.1. The summed E-state index contributed by atoms with van der Waals surface area (Å²) in [5.74, 6) is 6.01. The van der Waals surface area contributed by atoms with E-state index in [0.29, 0.717) is 6.42 Å². The monoisotopic (exact) mass is 286 g/mol. The predicted octanol–water partition coefficient (Wildman–Crippen LogP) is 2.51. The third-order valence-corrected chi connectivity index (χ3v) is 3.67. The molecule has 2 heterocycles. The second kappa shape index (κ2) is 7.81. The second-order valence-corrected chi connectivity index (χ2v) is 5.60. The maximum atomic E-state index is 8.70. The number of nitrogens with zero attached hydrogens (tertiary/aromatic N) is 2. The summed E-state index contributed by atoms with van der Waals surface area (Å²) >= 11 is 1.73. The lowest BCUT2D eigenvalue weighted by Crippen LogP contribution is -2.16. The van der Waals surface area contributed by atoms with Crippen LogP contribution in [0.3, 0.4) is 0 Å². The lowest BCUT2D eigenvalue weighted by Gasteiger charge is -2.15. The zero-order valence-corrected chi connectivity index (χ0v) is 12.4. The number of hydrogen-bond donors (Lipinski definition) is 1. The van der Waals surface area contributed by atoms with E-state index in [9.17, 15) is 0 Å². The van der Waals surface area contributed by atoms with Gasteiger partial charge in [-0.15, -0.1) is 11.3 Å². The minimum Gasteiger partial charge on any atom is -0.395 e. The molecule has 0 aliphatic rings. The Balaban J connectivity index is 1.89. The van der Waals surface area contributed by atoms with Crippen LogP contribution in [0.4, 0.5) is 0 Å². The van der Waals surface area contributed by atoms with E-state index in [4.69, 9.17) is 5.11 Å². The van der Waals surface area contributed by atoms with Crippen LogP contribution in [0.25, 0.3) is 0 Å². The van der Waals surface area contributed by atoms with Gasteiger partial charge in [-0.05, 0) is 30.8 Å². The van der Waals surface area contributed by atoms with E-state index in [0.717, 1.165) is 18.7 Å². The molecule has 0 aliphatic carbocycles. The molecule has 2 aromatic heterocycles. The number of rotatable bonds is 5. The number of pyridine rings is 1. The van der Waals surface area contributed by atoms with Gasteiger partial charge in [0.05, 0.1) is 6.61 Å². The zero-order chi connectivity index (χ0) is 14.2. The van der Waals surface area contributed by atoms with Crippen LogP contribution in [0.15, 0.2) is 36.0 Å². The summed E-state index contributed by atoms with van der Waals surface area (Å²) in [5, 5.41) is 10.8. The SMILES string of the molecule is CN(Cc1ccncc1)Cc1cc(C#CCCO)cs1. The predicted molar refractivity (Wildman–Crippen MR) is 82.3 cm³/mol. The fraction of sp³-hybridized carbons (Fsp3) is 0.312. The van der Waals surface area contributed by atoms with E-state index in [-0.39, 0.29) is 6.61 Å². The first-order valence-electron chi connectivity index (χ1n) is 6.52. The average molecular weight is 286 g/mol. The Labute approximate surface area is 123 Å². The van der Waals surface area contributed by atoms with E-state index < -0.39 is 0 Å². The van der Waals surface area contributed by atoms with Crippen molar-refractivity contribution in [3.8, 4) is 11.8 Å². The average Bonchev–Trinajstić information content (AvgIpc) is 2.87. The van der Waals surface area contributed by atoms with Crippen LogP contribution in [0.2, 0.25) is 0 Å². The molecule has 0 bridgehead atoms. The van der Waals surface area contributed by atoms with E-state index in [1.807, 2.05) is 24.5 Å². The molecule has 4 heteroatoms. The molecule has 104 valence electrons. The van der Waals surface area contributed by atoms with Crippen molar-refractivity contribution in [1.29, 1.82) is 0 Å². The van der Waals surface area contributed by atoms with Gasteiger partial charge in [0.15, 0.2) is 0 Å². The summed E-state index contributed by atoms with van der Waals surface area (Å²) in [5.41, 5.74) is 2.30. The summed E-state index contributed by atoms with van der Waals surface area (Å²) in [7, 11) is 2.11. The Bertz CT molecular complexity index is 583. The van der Waals surface area contributed by atoms with Crippen molar-refractivity contribution in [2.75, 3.05) is 13.7 Å². The molecular formula is C16H18N2OS. The topological polar surface area (TPSA) is 36.4 Å². The van der Waals surface area contributed by atoms with Gasteiger partial charge in [0.1, 0.15) is 0 Å². The Hall–Kier alpha value is -1.67. The molecule has 0 saturated heterocycles. The summed E-state index contributed by atoms with van der Waals surface area (Å²) in [6.07, 6.45) is 4.18. The van der Waals surface area contributed by atoms with Crippen LogP contribution in [0.1, 0.15) is 22.4 Å². The normalized spacial score (nSPS) is 10.3. The summed E-state index contributed by atoms with van der Waals surface area (Å²) in [6, 6.07) is 6.20. The lowest BCUT2D eigenvalue weighted by molar-refractivity contribution is 0.305. The second-order valence-electron chi connectivity index (χ2n) is 4.60. The number of thiophene rings is 1. The van der Waals surface area contributed by atoms with Gasteiger partial charge in [0.2, 0.25) is 0 Å². The van der Waals surface area contributed by atoms with Crippen LogP contribution < -0.4 is 0 Å². The molecule has 20 heavy (non-hydrogen) atoms. The fourth-order valence-electron chi connectivity index (χ4n) is 1.87.